The Morgan fingerprint density at radius 2 is 1.79 bits per heavy atom. The molecule has 0 spiro atoms. The van der Waals surface area contributed by atoms with E-state index in [1.165, 1.54) is 11.1 Å². The van der Waals surface area contributed by atoms with Crippen molar-refractivity contribution in [1.29, 1.82) is 0 Å². The quantitative estimate of drug-likeness (QED) is 0.914. The van der Waals surface area contributed by atoms with E-state index in [2.05, 4.69) is 19.9 Å². The largest absolute Gasteiger partial charge is 0.484 e. The van der Waals surface area contributed by atoms with Crippen molar-refractivity contribution in [2.24, 2.45) is 5.73 Å². The summed E-state index contributed by atoms with van der Waals surface area (Å²) in [6.07, 6.45) is -0.181. The minimum Gasteiger partial charge on any atom is -0.484 e. The molecule has 0 radical (unpaired) electrons. The van der Waals surface area contributed by atoms with E-state index in [1.807, 2.05) is 36.4 Å². The van der Waals surface area contributed by atoms with Gasteiger partial charge >= 0.3 is 0 Å². The van der Waals surface area contributed by atoms with Gasteiger partial charge in [-0.05, 0) is 54.8 Å². The van der Waals surface area contributed by atoms with Gasteiger partial charge < -0.3 is 10.5 Å². The van der Waals surface area contributed by atoms with Crippen LogP contribution < -0.4 is 10.5 Å². The molecule has 0 saturated carbocycles. The minimum atomic E-state index is -0.181. The first-order valence-corrected chi connectivity index (χ1v) is 6.67. The van der Waals surface area contributed by atoms with Gasteiger partial charge in [0.25, 0.3) is 0 Å². The van der Waals surface area contributed by atoms with Crippen molar-refractivity contribution in [3.63, 3.8) is 0 Å². The van der Waals surface area contributed by atoms with Gasteiger partial charge in [0.1, 0.15) is 11.9 Å². The van der Waals surface area contributed by atoms with Gasteiger partial charge in [0.15, 0.2) is 0 Å². The van der Waals surface area contributed by atoms with Gasteiger partial charge in [-0.1, -0.05) is 29.8 Å². The summed E-state index contributed by atoms with van der Waals surface area (Å²) in [5, 5.41) is 0.694. The predicted octanol–water partition coefficient (Wildman–Crippen LogP) is 4.04. The van der Waals surface area contributed by atoms with Crippen LogP contribution in [-0.4, -0.2) is 6.54 Å². The van der Waals surface area contributed by atoms with Gasteiger partial charge in [-0.3, -0.25) is 0 Å². The molecular formula is C16H18ClNO. The second-order valence-corrected chi connectivity index (χ2v) is 5.16. The fourth-order valence-electron chi connectivity index (χ4n) is 2.12. The summed E-state index contributed by atoms with van der Waals surface area (Å²) in [5.41, 5.74) is 9.16. The third-order valence-electron chi connectivity index (χ3n) is 2.91. The first-order chi connectivity index (χ1) is 9.08. The van der Waals surface area contributed by atoms with Crippen LogP contribution in [0, 0.1) is 13.8 Å². The highest BCUT2D eigenvalue weighted by atomic mass is 35.5. The number of hydrogen-bond acceptors (Lipinski definition) is 2. The third kappa shape index (κ3) is 3.72. The summed E-state index contributed by atoms with van der Waals surface area (Å²) < 4.78 is 5.98. The standard InChI is InChI=1S/C16H18ClNO/c1-11-6-12(2)8-15(7-11)19-16(10-18)13-4-3-5-14(17)9-13/h3-9,16H,10,18H2,1-2H3. The average Bonchev–Trinajstić information content (AvgIpc) is 2.34. The molecule has 0 bridgehead atoms. The topological polar surface area (TPSA) is 35.2 Å². The number of benzene rings is 2. The molecule has 0 aliphatic carbocycles. The highest BCUT2D eigenvalue weighted by Gasteiger charge is 2.12. The second kappa shape index (κ2) is 6.09. The zero-order valence-corrected chi connectivity index (χ0v) is 11.9. The molecule has 1 unspecified atom stereocenters. The lowest BCUT2D eigenvalue weighted by molar-refractivity contribution is 0.214. The van der Waals surface area contributed by atoms with Crippen molar-refractivity contribution < 1.29 is 4.74 Å². The van der Waals surface area contributed by atoms with E-state index in [0.717, 1.165) is 11.3 Å². The molecule has 0 amide bonds. The zero-order chi connectivity index (χ0) is 13.8. The smallest absolute Gasteiger partial charge is 0.136 e. The Morgan fingerprint density at radius 3 is 2.37 bits per heavy atom. The van der Waals surface area contributed by atoms with Gasteiger partial charge in [-0.15, -0.1) is 0 Å². The van der Waals surface area contributed by atoms with Crippen LogP contribution >= 0.6 is 11.6 Å². The number of ether oxygens (including phenoxy) is 1. The Bertz CT molecular complexity index is 548. The molecule has 2 nitrogen and oxygen atoms in total. The van der Waals surface area contributed by atoms with Crippen LogP contribution in [0.5, 0.6) is 5.75 Å². The van der Waals surface area contributed by atoms with Crippen molar-refractivity contribution in [1.82, 2.24) is 0 Å². The van der Waals surface area contributed by atoms with Crippen LogP contribution in [0.3, 0.4) is 0 Å². The van der Waals surface area contributed by atoms with Gasteiger partial charge in [0.2, 0.25) is 0 Å². The maximum Gasteiger partial charge on any atom is 0.136 e. The zero-order valence-electron chi connectivity index (χ0n) is 11.2. The molecule has 2 N–H and O–H groups in total. The molecule has 0 aliphatic heterocycles. The van der Waals surface area contributed by atoms with Crippen LogP contribution in [0.1, 0.15) is 22.8 Å². The predicted molar refractivity (Wildman–Crippen MR) is 79.8 cm³/mol. The monoisotopic (exact) mass is 275 g/mol. The normalized spacial score (nSPS) is 12.2. The molecule has 3 heteroatoms. The maximum atomic E-state index is 6.00. The van der Waals surface area contributed by atoms with Crippen LogP contribution in [0.2, 0.25) is 5.02 Å². The minimum absolute atomic E-state index is 0.181. The maximum absolute atomic E-state index is 6.00. The van der Waals surface area contributed by atoms with E-state index in [1.54, 1.807) is 0 Å². The summed E-state index contributed by atoms with van der Waals surface area (Å²) in [4.78, 5) is 0. The molecule has 0 aliphatic rings. The van der Waals surface area contributed by atoms with E-state index in [0.29, 0.717) is 11.6 Å². The summed E-state index contributed by atoms with van der Waals surface area (Å²) in [6.45, 7) is 4.51. The molecule has 1 atom stereocenters. The lowest BCUT2D eigenvalue weighted by atomic mass is 10.1. The van der Waals surface area contributed by atoms with Gasteiger partial charge in [-0.25, -0.2) is 0 Å². The molecule has 2 aromatic rings. The fraction of sp³-hybridized carbons (Fsp3) is 0.250. The van der Waals surface area contributed by atoms with Crippen molar-refractivity contribution in [3.8, 4) is 5.75 Å². The Morgan fingerprint density at radius 1 is 1.11 bits per heavy atom. The van der Waals surface area contributed by atoms with Gasteiger partial charge in [0.05, 0.1) is 0 Å². The van der Waals surface area contributed by atoms with Crippen LogP contribution in [0.25, 0.3) is 0 Å². The fourth-order valence-corrected chi connectivity index (χ4v) is 2.32. The second-order valence-electron chi connectivity index (χ2n) is 4.72. The highest BCUT2D eigenvalue weighted by molar-refractivity contribution is 6.30. The molecule has 0 fully saturated rings. The number of rotatable bonds is 4. The van der Waals surface area contributed by atoms with Crippen molar-refractivity contribution in [3.05, 3.63) is 64.2 Å². The SMILES string of the molecule is Cc1cc(C)cc(OC(CN)c2cccc(Cl)c2)c1. The molecule has 100 valence electrons. The summed E-state index contributed by atoms with van der Waals surface area (Å²) in [7, 11) is 0. The molecule has 2 rings (SSSR count). The number of aryl methyl sites for hydroxylation is 2. The third-order valence-corrected chi connectivity index (χ3v) is 3.14. The molecule has 2 aromatic carbocycles. The Kier molecular flexibility index (Phi) is 4.46. The summed E-state index contributed by atoms with van der Waals surface area (Å²) in [5.74, 6) is 0.841. The molecule has 0 heterocycles. The van der Waals surface area contributed by atoms with E-state index >= 15 is 0 Å². The number of halogens is 1. The van der Waals surface area contributed by atoms with Gasteiger partial charge in [0, 0.05) is 11.6 Å². The lowest BCUT2D eigenvalue weighted by Gasteiger charge is -2.19. The van der Waals surface area contributed by atoms with E-state index in [4.69, 9.17) is 22.1 Å². The molecule has 0 saturated heterocycles. The van der Waals surface area contributed by atoms with E-state index in [9.17, 15) is 0 Å². The van der Waals surface area contributed by atoms with Crippen LogP contribution in [0.4, 0.5) is 0 Å². The van der Waals surface area contributed by atoms with Crippen molar-refractivity contribution >= 4 is 11.6 Å². The lowest BCUT2D eigenvalue weighted by Crippen LogP contribution is -2.18. The first-order valence-electron chi connectivity index (χ1n) is 6.29. The Labute approximate surface area is 119 Å². The van der Waals surface area contributed by atoms with Crippen molar-refractivity contribution in [2.75, 3.05) is 6.54 Å². The van der Waals surface area contributed by atoms with Crippen LogP contribution in [0.15, 0.2) is 42.5 Å². The highest BCUT2D eigenvalue weighted by Crippen LogP contribution is 2.25. The molecule has 0 aromatic heterocycles. The van der Waals surface area contributed by atoms with Crippen LogP contribution in [-0.2, 0) is 0 Å². The molecular weight excluding hydrogens is 258 g/mol. The van der Waals surface area contributed by atoms with Crippen molar-refractivity contribution in [2.45, 2.75) is 20.0 Å². The number of hydrogen-bond donors (Lipinski definition) is 1. The van der Waals surface area contributed by atoms with E-state index in [-0.39, 0.29) is 6.10 Å². The summed E-state index contributed by atoms with van der Waals surface area (Å²) >= 11 is 6.00. The Balaban J connectivity index is 2.23. The molecule has 19 heavy (non-hydrogen) atoms. The van der Waals surface area contributed by atoms with Gasteiger partial charge in [-0.2, -0.15) is 0 Å². The summed E-state index contributed by atoms with van der Waals surface area (Å²) in [6, 6.07) is 13.8. The first kappa shape index (κ1) is 13.9. The number of nitrogens with two attached hydrogens (primary N) is 1. The Hall–Kier alpha value is -1.51. The average molecular weight is 276 g/mol. The van der Waals surface area contributed by atoms with E-state index < -0.39 is 0 Å².